The van der Waals surface area contributed by atoms with Crippen molar-refractivity contribution in [1.29, 1.82) is 0 Å². The molecule has 0 radical (unpaired) electrons. The number of ether oxygens (including phenoxy) is 1. The molecular formula is C18H22FN3O4. The molecule has 1 N–H and O–H groups in total. The van der Waals surface area contributed by atoms with Crippen molar-refractivity contribution < 1.29 is 23.5 Å². The number of amides is 3. The molecule has 0 saturated carbocycles. The van der Waals surface area contributed by atoms with E-state index in [1.807, 2.05) is 0 Å². The molecule has 140 valence electrons. The maximum Gasteiger partial charge on any atom is 0.317 e. The Balaban J connectivity index is 1.53. The molecule has 0 bridgehead atoms. The molecule has 1 aromatic rings. The first kappa shape index (κ1) is 18.2. The normalized spacial score (nSPS) is 21.0. The van der Waals surface area contributed by atoms with Gasteiger partial charge in [0.15, 0.2) is 0 Å². The largest absolute Gasteiger partial charge is 0.469 e. The van der Waals surface area contributed by atoms with Crippen LogP contribution in [0.5, 0.6) is 0 Å². The highest BCUT2D eigenvalue weighted by Gasteiger charge is 2.34. The van der Waals surface area contributed by atoms with Crippen molar-refractivity contribution >= 4 is 23.6 Å². The number of hydrogen-bond donors (Lipinski definition) is 1. The molecule has 2 aliphatic rings. The van der Waals surface area contributed by atoms with Gasteiger partial charge in [0.25, 0.3) is 0 Å². The summed E-state index contributed by atoms with van der Waals surface area (Å²) in [5.41, 5.74) is 0.491. The Bertz CT molecular complexity index is 703. The Morgan fingerprint density at radius 1 is 1.27 bits per heavy atom. The smallest absolute Gasteiger partial charge is 0.317 e. The molecule has 1 aromatic carbocycles. The molecule has 3 amide bonds. The van der Waals surface area contributed by atoms with Crippen molar-refractivity contribution in [3.8, 4) is 0 Å². The lowest BCUT2D eigenvalue weighted by molar-refractivity contribution is -0.146. The van der Waals surface area contributed by atoms with Crippen LogP contribution in [0.4, 0.5) is 14.9 Å². The van der Waals surface area contributed by atoms with Crippen LogP contribution in [0.15, 0.2) is 24.3 Å². The third kappa shape index (κ3) is 3.95. The minimum Gasteiger partial charge on any atom is -0.469 e. The molecule has 2 fully saturated rings. The second-order valence-corrected chi connectivity index (χ2v) is 6.62. The van der Waals surface area contributed by atoms with Gasteiger partial charge in [-0.2, -0.15) is 0 Å². The third-order valence-corrected chi connectivity index (χ3v) is 4.89. The molecule has 8 heteroatoms. The molecule has 26 heavy (non-hydrogen) atoms. The summed E-state index contributed by atoms with van der Waals surface area (Å²) in [6.45, 7) is 1.26. The number of methoxy groups -OCH3 is 1. The van der Waals surface area contributed by atoms with Crippen LogP contribution in [0.1, 0.15) is 19.3 Å². The summed E-state index contributed by atoms with van der Waals surface area (Å²) in [6, 6.07) is 5.28. The van der Waals surface area contributed by atoms with Gasteiger partial charge in [-0.25, -0.2) is 9.18 Å². The Kier molecular flexibility index (Phi) is 5.39. The molecule has 2 aliphatic heterocycles. The number of nitrogens with zero attached hydrogens (tertiary/aromatic N) is 2. The van der Waals surface area contributed by atoms with Crippen LogP contribution in [-0.2, 0) is 14.3 Å². The number of hydrogen-bond acceptors (Lipinski definition) is 4. The van der Waals surface area contributed by atoms with E-state index < -0.39 is 5.82 Å². The summed E-state index contributed by atoms with van der Waals surface area (Å²) in [6.07, 6.45) is 1.32. The molecule has 1 unspecified atom stereocenters. The molecule has 2 heterocycles. The fraction of sp³-hybridized carbons (Fsp3) is 0.500. The lowest BCUT2D eigenvalue weighted by Gasteiger charge is -2.31. The number of carbonyl (C=O) groups is 3. The number of carbonyl (C=O) groups excluding carboxylic acids is 3. The van der Waals surface area contributed by atoms with Crippen molar-refractivity contribution in [3.05, 3.63) is 30.1 Å². The maximum atomic E-state index is 13.4. The van der Waals surface area contributed by atoms with Gasteiger partial charge in [-0.1, -0.05) is 6.07 Å². The second kappa shape index (κ2) is 7.72. The summed E-state index contributed by atoms with van der Waals surface area (Å²) >= 11 is 0. The molecule has 2 saturated heterocycles. The highest BCUT2D eigenvalue weighted by atomic mass is 19.1. The topological polar surface area (TPSA) is 79.0 Å². The van der Waals surface area contributed by atoms with Gasteiger partial charge in [-0.3, -0.25) is 9.59 Å². The number of halogens is 1. The maximum absolute atomic E-state index is 13.4. The molecule has 0 aliphatic carbocycles. The fourth-order valence-corrected chi connectivity index (χ4v) is 3.45. The van der Waals surface area contributed by atoms with Crippen LogP contribution in [0, 0.1) is 11.7 Å². The molecule has 1 atom stereocenters. The van der Waals surface area contributed by atoms with Crippen LogP contribution in [0.2, 0.25) is 0 Å². The van der Waals surface area contributed by atoms with Gasteiger partial charge >= 0.3 is 12.0 Å². The van der Waals surface area contributed by atoms with E-state index in [1.165, 1.54) is 24.1 Å². The van der Waals surface area contributed by atoms with Crippen LogP contribution < -0.4 is 10.2 Å². The van der Waals surface area contributed by atoms with E-state index in [-0.39, 0.29) is 36.3 Å². The zero-order valence-electron chi connectivity index (χ0n) is 14.6. The van der Waals surface area contributed by atoms with Crippen LogP contribution in [0.3, 0.4) is 0 Å². The van der Waals surface area contributed by atoms with Gasteiger partial charge in [0, 0.05) is 31.7 Å². The first-order valence-electron chi connectivity index (χ1n) is 8.67. The van der Waals surface area contributed by atoms with Crippen molar-refractivity contribution in [2.24, 2.45) is 5.92 Å². The molecule has 3 rings (SSSR count). The Morgan fingerprint density at radius 2 is 2.00 bits per heavy atom. The SMILES string of the molecule is COC(=O)C1CCN(C(=O)NC2CC(=O)N(c3cccc(F)c3)C2)CC1. The van der Waals surface area contributed by atoms with E-state index in [1.54, 1.807) is 17.0 Å². The Labute approximate surface area is 151 Å². The van der Waals surface area contributed by atoms with E-state index >= 15 is 0 Å². The van der Waals surface area contributed by atoms with Crippen LogP contribution in [0.25, 0.3) is 0 Å². The minimum atomic E-state index is -0.406. The predicted molar refractivity (Wildman–Crippen MR) is 92.0 cm³/mol. The van der Waals surface area contributed by atoms with Crippen molar-refractivity contribution in [2.75, 3.05) is 31.6 Å². The Morgan fingerprint density at radius 3 is 2.65 bits per heavy atom. The van der Waals surface area contributed by atoms with Crippen LogP contribution >= 0.6 is 0 Å². The van der Waals surface area contributed by atoms with Gasteiger partial charge in [0.2, 0.25) is 5.91 Å². The quantitative estimate of drug-likeness (QED) is 0.826. The van der Waals surface area contributed by atoms with E-state index in [0.717, 1.165) is 0 Å². The van der Waals surface area contributed by atoms with Crippen molar-refractivity contribution in [2.45, 2.75) is 25.3 Å². The summed E-state index contributed by atoms with van der Waals surface area (Å²) in [5, 5.41) is 2.87. The summed E-state index contributed by atoms with van der Waals surface area (Å²) < 4.78 is 18.1. The first-order chi connectivity index (χ1) is 12.5. The second-order valence-electron chi connectivity index (χ2n) is 6.62. The van der Waals surface area contributed by atoms with Gasteiger partial charge in [0.05, 0.1) is 19.1 Å². The average Bonchev–Trinajstić information content (AvgIpc) is 3.01. The predicted octanol–water partition coefficient (Wildman–Crippen LogP) is 1.53. The number of likely N-dealkylation sites (tertiary alicyclic amines) is 1. The van der Waals surface area contributed by atoms with Crippen molar-refractivity contribution in [3.63, 3.8) is 0 Å². The van der Waals surface area contributed by atoms with Gasteiger partial charge in [-0.05, 0) is 31.0 Å². The van der Waals surface area contributed by atoms with Crippen molar-refractivity contribution in [1.82, 2.24) is 10.2 Å². The molecule has 7 nitrogen and oxygen atoms in total. The zero-order valence-corrected chi connectivity index (χ0v) is 14.6. The molecular weight excluding hydrogens is 341 g/mol. The van der Waals surface area contributed by atoms with Gasteiger partial charge in [-0.15, -0.1) is 0 Å². The summed E-state index contributed by atoms with van der Waals surface area (Å²) in [4.78, 5) is 39.3. The number of esters is 1. The monoisotopic (exact) mass is 363 g/mol. The van der Waals surface area contributed by atoms with E-state index in [0.29, 0.717) is 38.2 Å². The van der Waals surface area contributed by atoms with Gasteiger partial charge < -0.3 is 19.9 Å². The minimum absolute atomic E-state index is 0.148. The lowest BCUT2D eigenvalue weighted by atomic mass is 9.97. The number of anilines is 1. The average molecular weight is 363 g/mol. The van der Waals surface area contributed by atoms with Crippen LogP contribution in [-0.4, -0.2) is 55.6 Å². The molecule has 0 spiro atoms. The zero-order chi connectivity index (χ0) is 18.7. The number of nitrogens with one attached hydrogen (secondary N) is 1. The van der Waals surface area contributed by atoms with E-state index in [2.05, 4.69) is 5.32 Å². The highest BCUT2D eigenvalue weighted by molar-refractivity contribution is 5.96. The van der Waals surface area contributed by atoms with Gasteiger partial charge in [0.1, 0.15) is 5.82 Å². The van der Waals surface area contributed by atoms with E-state index in [4.69, 9.17) is 4.74 Å². The Hall–Kier alpha value is -2.64. The number of piperidine rings is 1. The summed E-state index contributed by atoms with van der Waals surface area (Å²) in [5.74, 6) is -0.959. The number of rotatable bonds is 3. The summed E-state index contributed by atoms with van der Waals surface area (Å²) in [7, 11) is 1.36. The van der Waals surface area contributed by atoms with E-state index in [9.17, 15) is 18.8 Å². The fourth-order valence-electron chi connectivity index (χ4n) is 3.45. The lowest BCUT2D eigenvalue weighted by Crippen LogP contribution is -2.49. The number of urea groups is 1. The highest BCUT2D eigenvalue weighted by Crippen LogP contribution is 2.23. The molecule has 0 aromatic heterocycles. The first-order valence-corrected chi connectivity index (χ1v) is 8.67. The standard InChI is InChI=1S/C18H22FN3O4/c1-26-17(24)12-5-7-21(8-6-12)18(25)20-14-10-16(23)22(11-14)15-4-2-3-13(19)9-15/h2-4,9,12,14H,5-8,10-11H2,1H3,(H,20,25). The number of benzene rings is 1. The third-order valence-electron chi connectivity index (χ3n) is 4.89.